The van der Waals surface area contributed by atoms with E-state index >= 15 is 0 Å². The normalized spacial score (nSPS) is 7.91. The molecule has 6 nitrogen and oxygen atoms in total. The van der Waals surface area contributed by atoms with E-state index in [1.54, 1.807) is 20.8 Å². The summed E-state index contributed by atoms with van der Waals surface area (Å²) < 4.78 is 0. The Morgan fingerprint density at radius 1 is 0.500 bits per heavy atom. The average Bonchev–Trinajstić information content (AvgIpc) is 2.45. The number of Topliss-reactive ketones (excluding diaryl/α,β-unsaturated/α-hetero) is 6. The minimum atomic E-state index is -0.345. The maximum Gasteiger partial charge on any atom is 0.197 e. The number of rotatable bonds is 6. The van der Waals surface area contributed by atoms with Crippen LogP contribution in [-0.4, -0.2) is 34.7 Å². The largest absolute Gasteiger partial charge is 0.291 e. The number of hydrogen-bond acceptors (Lipinski definition) is 6. The Labute approximate surface area is 141 Å². The second-order valence-electron chi connectivity index (χ2n) is 4.00. The summed E-state index contributed by atoms with van der Waals surface area (Å²) >= 11 is 0. The van der Waals surface area contributed by atoms with Gasteiger partial charge < -0.3 is 0 Å². The van der Waals surface area contributed by atoms with Gasteiger partial charge in [0.05, 0.1) is 0 Å². The van der Waals surface area contributed by atoms with Crippen LogP contribution in [0.15, 0.2) is 0 Å². The molecule has 0 amide bonds. The van der Waals surface area contributed by atoms with Crippen molar-refractivity contribution in [3.05, 3.63) is 0 Å². The Morgan fingerprint density at radius 2 is 0.636 bits per heavy atom. The molecule has 0 saturated heterocycles. The number of hydrogen-bond donors (Lipinski definition) is 0. The van der Waals surface area contributed by atoms with Crippen LogP contribution in [0.3, 0.4) is 0 Å². The van der Waals surface area contributed by atoms with Crippen molar-refractivity contribution in [2.75, 3.05) is 0 Å². The average molecular weight is 355 g/mol. The smallest absolute Gasteiger partial charge is 0.197 e. The fraction of sp³-hybridized carbons (Fsp3) is 0.600. The summed E-state index contributed by atoms with van der Waals surface area (Å²) in [6.07, 6.45) is 0.986. The zero-order valence-corrected chi connectivity index (χ0v) is 15.1. The van der Waals surface area contributed by atoms with Gasteiger partial charge in [-0.15, -0.1) is 0 Å². The van der Waals surface area contributed by atoms with E-state index in [9.17, 15) is 28.8 Å². The summed E-state index contributed by atoms with van der Waals surface area (Å²) in [5, 5.41) is 0. The van der Waals surface area contributed by atoms with Gasteiger partial charge in [0.15, 0.2) is 34.7 Å². The minimum absolute atomic E-state index is 0. The topological polar surface area (TPSA) is 102 Å². The van der Waals surface area contributed by atoms with E-state index in [4.69, 9.17) is 0 Å². The van der Waals surface area contributed by atoms with Crippen LogP contribution in [-0.2, 0) is 45.8 Å². The Balaban J connectivity index is -0.000000108. The van der Waals surface area contributed by atoms with Crippen LogP contribution in [0.5, 0.6) is 0 Å². The van der Waals surface area contributed by atoms with Gasteiger partial charge in [-0.05, 0) is 0 Å². The molecule has 0 saturated carbocycles. The van der Waals surface area contributed by atoms with Gasteiger partial charge in [-0.2, -0.15) is 0 Å². The quantitative estimate of drug-likeness (QED) is 0.530. The van der Waals surface area contributed by atoms with Crippen molar-refractivity contribution in [1.82, 2.24) is 0 Å². The second kappa shape index (κ2) is 17.6. The van der Waals surface area contributed by atoms with Gasteiger partial charge in [0.2, 0.25) is 0 Å². The van der Waals surface area contributed by atoms with E-state index in [1.807, 2.05) is 0 Å². The summed E-state index contributed by atoms with van der Waals surface area (Å²) in [7, 11) is 0. The Hall–Kier alpha value is -1.46. The van der Waals surface area contributed by atoms with Crippen molar-refractivity contribution in [3.63, 3.8) is 0 Å². The molecule has 0 aliphatic carbocycles. The summed E-state index contributed by atoms with van der Waals surface area (Å²) in [4.78, 5) is 60.6. The zero-order chi connectivity index (χ0) is 17.6. The molecule has 127 valence electrons. The SMILES string of the molecule is CCC(=O)C(C)=O.CCC(=O)C(C)=O.CCC(=O)C(C)=O.[Mn]. The minimum Gasteiger partial charge on any atom is -0.291 e. The van der Waals surface area contributed by atoms with Gasteiger partial charge in [0, 0.05) is 57.1 Å². The maximum absolute atomic E-state index is 10.2. The van der Waals surface area contributed by atoms with Crippen LogP contribution in [0, 0.1) is 0 Å². The molecule has 22 heavy (non-hydrogen) atoms. The molecule has 0 heterocycles. The molecule has 7 heteroatoms. The molecule has 0 rings (SSSR count). The molecule has 0 aromatic rings. The summed E-state index contributed by atoms with van der Waals surface area (Å²) in [5.74, 6) is -1.91. The van der Waals surface area contributed by atoms with Crippen LogP contribution in [0.25, 0.3) is 0 Å². The van der Waals surface area contributed by atoms with Gasteiger partial charge in [-0.1, -0.05) is 20.8 Å². The monoisotopic (exact) mass is 355 g/mol. The van der Waals surface area contributed by atoms with Crippen molar-refractivity contribution in [2.24, 2.45) is 0 Å². The van der Waals surface area contributed by atoms with Gasteiger partial charge in [-0.3, -0.25) is 28.8 Å². The van der Waals surface area contributed by atoms with Gasteiger partial charge in [-0.25, -0.2) is 0 Å². The maximum atomic E-state index is 10.2. The first kappa shape index (κ1) is 28.7. The van der Waals surface area contributed by atoms with E-state index in [0.29, 0.717) is 19.3 Å². The van der Waals surface area contributed by atoms with Crippen LogP contribution < -0.4 is 0 Å². The van der Waals surface area contributed by atoms with Crippen LogP contribution in [0.4, 0.5) is 0 Å². The number of carbonyl (C=O) groups excluding carboxylic acids is 6. The number of ketones is 6. The molecule has 0 fully saturated rings. The molecule has 0 atom stereocenters. The van der Waals surface area contributed by atoms with Crippen LogP contribution in [0.1, 0.15) is 60.8 Å². The molecule has 0 N–H and O–H groups in total. The van der Waals surface area contributed by atoms with E-state index in [-0.39, 0.29) is 51.8 Å². The predicted molar refractivity (Wildman–Crippen MR) is 77.9 cm³/mol. The van der Waals surface area contributed by atoms with Gasteiger partial charge >= 0.3 is 0 Å². The molecule has 0 aliphatic heterocycles. The first-order valence-corrected chi connectivity index (χ1v) is 6.66. The van der Waals surface area contributed by atoms with E-state index in [1.165, 1.54) is 20.8 Å². The van der Waals surface area contributed by atoms with Gasteiger partial charge in [0.1, 0.15) is 0 Å². The molecular weight excluding hydrogens is 331 g/mol. The number of carbonyl (C=O) groups is 6. The molecule has 0 aromatic heterocycles. The van der Waals surface area contributed by atoms with Crippen molar-refractivity contribution in [3.8, 4) is 0 Å². The molecule has 0 unspecified atom stereocenters. The summed E-state index contributed by atoms with van der Waals surface area (Å²) in [5.41, 5.74) is 0. The second-order valence-corrected chi connectivity index (χ2v) is 4.00. The third kappa shape index (κ3) is 20.8. The molecule has 1 radical (unpaired) electrons. The summed E-state index contributed by atoms with van der Waals surface area (Å²) in [6.45, 7) is 8.86. The van der Waals surface area contributed by atoms with Crippen molar-refractivity contribution >= 4 is 34.7 Å². The molecule has 0 aliphatic rings. The van der Waals surface area contributed by atoms with E-state index < -0.39 is 0 Å². The third-order valence-electron chi connectivity index (χ3n) is 2.14. The van der Waals surface area contributed by atoms with Crippen LogP contribution in [0.2, 0.25) is 0 Å². The standard InChI is InChI=1S/3C5H8O2.Mn/c3*1-3-5(7)4(2)6;/h3*3H2,1-2H3;. The molecule has 0 aromatic carbocycles. The molecule has 0 spiro atoms. The van der Waals surface area contributed by atoms with Gasteiger partial charge in [0.25, 0.3) is 0 Å². The Kier molecular flexibility index (Phi) is 22.9. The Morgan fingerprint density at radius 3 is 0.636 bits per heavy atom. The fourth-order valence-electron chi connectivity index (χ4n) is 0.747. The first-order chi connectivity index (χ1) is 9.54. The van der Waals surface area contributed by atoms with E-state index in [0.717, 1.165) is 0 Å². The fourth-order valence-corrected chi connectivity index (χ4v) is 0.747. The van der Waals surface area contributed by atoms with E-state index in [2.05, 4.69) is 0 Å². The van der Waals surface area contributed by atoms with Crippen molar-refractivity contribution < 1.29 is 45.8 Å². The third-order valence-corrected chi connectivity index (χ3v) is 2.14. The molecular formula is C15H24MnO6. The molecule has 0 bridgehead atoms. The summed E-state index contributed by atoms with van der Waals surface area (Å²) in [6, 6.07) is 0. The Bertz CT molecular complexity index is 350. The predicted octanol–water partition coefficient (Wildman–Crippen LogP) is 1.66. The van der Waals surface area contributed by atoms with Crippen LogP contribution >= 0.6 is 0 Å². The first-order valence-electron chi connectivity index (χ1n) is 6.66. The van der Waals surface area contributed by atoms with Crippen molar-refractivity contribution in [1.29, 1.82) is 0 Å². The van der Waals surface area contributed by atoms with Crippen molar-refractivity contribution in [2.45, 2.75) is 60.8 Å². The zero-order valence-electron chi connectivity index (χ0n) is 13.9.